The predicted octanol–water partition coefficient (Wildman–Crippen LogP) is 5.78. The molecule has 0 radical (unpaired) electrons. The normalized spacial score (nSPS) is 20.4. The Morgan fingerprint density at radius 1 is 1.25 bits per heavy atom. The minimum Gasteiger partial charge on any atom is -0.361 e. The quantitative estimate of drug-likeness (QED) is 0.209. The second-order valence-corrected chi connectivity index (χ2v) is 18.6. The van der Waals surface area contributed by atoms with Crippen LogP contribution < -0.4 is 5.32 Å². The average molecular weight is 584 g/mol. The van der Waals surface area contributed by atoms with Crippen LogP contribution in [0.4, 0.5) is 0 Å². The summed E-state index contributed by atoms with van der Waals surface area (Å²) < 4.78 is 8.97. The first-order valence-corrected chi connectivity index (χ1v) is 18.3. The zero-order chi connectivity index (χ0) is 26.3. The highest BCUT2D eigenvalue weighted by atomic mass is 79.9. The van der Waals surface area contributed by atoms with Gasteiger partial charge in [-0.2, -0.15) is 0 Å². The van der Waals surface area contributed by atoms with Crippen LogP contribution in [0.25, 0.3) is 0 Å². The molecular weight excluding hydrogens is 536 g/mol. The zero-order valence-electron chi connectivity index (χ0n) is 23.1. The number of unbranched alkanes of at least 4 members (excludes halogenated alkanes) is 2. The van der Waals surface area contributed by atoms with Gasteiger partial charge in [-0.3, -0.25) is 14.2 Å². The van der Waals surface area contributed by atoms with E-state index >= 15 is 0 Å². The van der Waals surface area contributed by atoms with Crippen molar-refractivity contribution in [2.24, 2.45) is 11.3 Å². The van der Waals surface area contributed by atoms with E-state index in [9.17, 15) is 9.59 Å². The van der Waals surface area contributed by atoms with Gasteiger partial charge >= 0.3 is 0 Å². The van der Waals surface area contributed by atoms with E-state index in [4.69, 9.17) is 9.72 Å². The first-order chi connectivity index (χ1) is 17.0. The van der Waals surface area contributed by atoms with Gasteiger partial charge in [-0.15, -0.1) is 0 Å². The Kier molecular flexibility index (Phi) is 10.8. The number of carbonyl (C=O) groups is 2. The zero-order valence-corrected chi connectivity index (χ0v) is 25.7. The molecule has 1 N–H and O–H groups in total. The van der Waals surface area contributed by atoms with Crippen LogP contribution in [0.1, 0.15) is 76.6 Å². The summed E-state index contributed by atoms with van der Waals surface area (Å²) in [7, 11) is 1.00. The molecule has 1 aliphatic heterocycles. The third-order valence-corrected chi connectivity index (χ3v) is 10.4. The lowest BCUT2D eigenvalue weighted by Crippen LogP contribution is -2.36. The maximum atomic E-state index is 13.4. The highest BCUT2D eigenvalue weighted by Gasteiger charge is 2.58. The minimum absolute atomic E-state index is 0.121. The maximum absolute atomic E-state index is 13.4. The van der Waals surface area contributed by atoms with Crippen LogP contribution >= 0.6 is 15.9 Å². The fourth-order valence-electron chi connectivity index (χ4n) is 5.21. The number of carbonyl (C=O) groups excluding carboxylic acids is 2. The number of imidazole rings is 1. The van der Waals surface area contributed by atoms with E-state index in [-0.39, 0.29) is 23.3 Å². The van der Waals surface area contributed by atoms with Gasteiger partial charge < -0.3 is 15.0 Å². The number of nitrogens with one attached hydrogen (secondary N) is 1. The van der Waals surface area contributed by atoms with Crippen molar-refractivity contribution < 1.29 is 14.3 Å². The number of nitrogens with zero attached hydrogens (tertiary/aromatic N) is 3. The molecule has 36 heavy (non-hydrogen) atoms. The Morgan fingerprint density at radius 3 is 2.64 bits per heavy atom. The molecule has 1 saturated carbocycles. The molecular formula is C27H47BrN4O3Si. The molecule has 1 amide bonds. The number of aromatic nitrogens is 2. The third kappa shape index (κ3) is 8.50. The first kappa shape index (κ1) is 29.5. The predicted molar refractivity (Wildman–Crippen MR) is 151 cm³/mol. The first-order valence-electron chi connectivity index (χ1n) is 13.8. The number of hydrogen-bond acceptors (Lipinski definition) is 5. The standard InChI is InChI=1S/C27H47BrN4O3Si/c1-6-21(33)10-8-7-9-11-23(30-26(34)22-18-27(22)12-14-31(2)15-13-27)25-29-19-24(28)32(25)20-35-16-17-36(3,4)5/h19,22-23H,6-18,20H2,1-5H3,(H,30,34)/t22-,23?/m1/s1. The van der Waals surface area contributed by atoms with E-state index in [1.807, 2.05) is 17.7 Å². The highest BCUT2D eigenvalue weighted by molar-refractivity contribution is 9.10. The van der Waals surface area contributed by atoms with Crippen LogP contribution in [0.5, 0.6) is 0 Å². The summed E-state index contributed by atoms with van der Waals surface area (Å²) in [6.07, 6.45) is 9.96. The smallest absolute Gasteiger partial charge is 0.224 e. The van der Waals surface area contributed by atoms with Gasteiger partial charge in [0.25, 0.3) is 0 Å². The SMILES string of the molecule is CCC(=O)CCCCCC(NC(=O)[C@H]1CC12CCN(C)CC2)c1ncc(Br)n1COCC[Si](C)(C)C. The van der Waals surface area contributed by atoms with Gasteiger partial charge in [0.1, 0.15) is 22.9 Å². The number of ether oxygens (including phenoxy) is 1. The van der Waals surface area contributed by atoms with Crippen LogP contribution in [0.15, 0.2) is 10.8 Å². The number of Topliss-reactive ketones (excluding diaryl/α,β-unsaturated/α-hetero) is 1. The summed E-state index contributed by atoms with van der Waals surface area (Å²) in [6.45, 7) is 12.3. The van der Waals surface area contributed by atoms with Gasteiger partial charge in [-0.25, -0.2) is 4.98 Å². The van der Waals surface area contributed by atoms with Crippen molar-refractivity contribution in [2.45, 2.75) is 103 Å². The molecule has 1 aromatic heterocycles. The van der Waals surface area contributed by atoms with Crippen LogP contribution in [-0.4, -0.2) is 61.0 Å². The number of halogens is 1. The lowest BCUT2D eigenvalue weighted by atomic mass is 9.91. The lowest BCUT2D eigenvalue weighted by Gasteiger charge is -2.30. The molecule has 2 heterocycles. The average Bonchev–Trinajstić information content (AvgIpc) is 3.42. The van der Waals surface area contributed by atoms with Crippen molar-refractivity contribution in [1.29, 1.82) is 0 Å². The van der Waals surface area contributed by atoms with Crippen molar-refractivity contribution >= 4 is 35.7 Å². The number of likely N-dealkylation sites (tertiary alicyclic amines) is 1. The van der Waals surface area contributed by atoms with E-state index in [1.54, 1.807) is 0 Å². The highest BCUT2D eigenvalue weighted by Crippen LogP contribution is 2.59. The Balaban J connectivity index is 1.63. The molecule has 1 aromatic rings. The Labute approximate surface area is 227 Å². The van der Waals surface area contributed by atoms with Crippen molar-refractivity contribution in [3.8, 4) is 0 Å². The topological polar surface area (TPSA) is 76.5 Å². The van der Waals surface area contributed by atoms with Crippen molar-refractivity contribution in [1.82, 2.24) is 19.8 Å². The fraction of sp³-hybridized carbons (Fsp3) is 0.815. The number of hydrogen-bond donors (Lipinski definition) is 1. The summed E-state index contributed by atoms with van der Waals surface area (Å²) >= 11 is 3.64. The van der Waals surface area contributed by atoms with Crippen LogP contribution in [0.3, 0.4) is 0 Å². The molecule has 2 aliphatic rings. The van der Waals surface area contributed by atoms with Crippen LogP contribution in [-0.2, 0) is 21.1 Å². The molecule has 3 rings (SSSR count). The molecule has 0 aromatic carbocycles. The Hall–Kier alpha value is -1.03. The number of amides is 1. The second kappa shape index (κ2) is 13.2. The second-order valence-electron chi connectivity index (χ2n) is 12.2. The summed E-state index contributed by atoms with van der Waals surface area (Å²) in [5.74, 6) is 1.48. The third-order valence-electron chi connectivity index (χ3n) is 8.01. The Bertz CT molecular complexity index is 877. The summed E-state index contributed by atoms with van der Waals surface area (Å²) in [5.41, 5.74) is 0.206. The number of ketones is 1. The van der Waals surface area contributed by atoms with Gasteiger partial charge in [0.15, 0.2) is 0 Å². The Morgan fingerprint density at radius 2 is 1.97 bits per heavy atom. The monoisotopic (exact) mass is 582 g/mol. The molecule has 1 saturated heterocycles. The number of rotatable bonds is 15. The van der Waals surface area contributed by atoms with Gasteiger partial charge in [0.2, 0.25) is 5.91 Å². The molecule has 9 heteroatoms. The molecule has 2 atom stereocenters. The van der Waals surface area contributed by atoms with Crippen LogP contribution in [0, 0.1) is 11.3 Å². The van der Waals surface area contributed by atoms with Crippen molar-refractivity contribution in [2.75, 3.05) is 26.7 Å². The van der Waals surface area contributed by atoms with Gasteiger partial charge in [0.05, 0.1) is 12.2 Å². The fourth-order valence-corrected chi connectivity index (χ4v) is 6.35. The largest absolute Gasteiger partial charge is 0.361 e. The van der Waals surface area contributed by atoms with E-state index in [0.29, 0.717) is 25.4 Å². The molecule has 1 unspecified atom stereocenters. The molecule has 7 nitrogen and oxygen atoms in total. The van der Waals surface area contributed by atoms with Crippen molar-refractivity contribution in [3.05, 3.63) is 16.6 Å². The van der Waals surface area contributed by atoms with Gasteiger partial charge in [0, 0.05) is 33.4 Å². The minimum atomic E-state index is -1.16. The van der Waals surface area contributed by atoms with E-state index < -0.39 is 8.07 Å². The molecule has 2 fully saturated rings. The van der Waals surface area contributed by atoms with E-state index in [2.05, 4.69) is 52.8 Å². The van der Waals surface area contributed by atoms with Gasteiger partial charge in [-0.1, -0.05) is 39.4 Å². The molecule has 204 valence electrons. The van der Waals surface area contributed by atoms with Crippen molar-refractivity contribution in [3.63, 3.8) is 0 Å². The van der Waals surface area contributed by atoms with Crippen LogP contribution in [0.2, 0.25) is 25.7 Å². The van der Waals surface area contributed by atoms with E-state index in [1.165, 1.54) is 0 Å². The molecule has 1 aliphatic carbocycles. The number of piperidine rings is 1. The molecule has 1 spiro atoms. The summed E-state index contributed by atoms with van der Waals surface area (Å²) in [6, 6.07) is 0.958. The summed E-state index contributed by atoms with van der Waals surface area (Å²) in [5, 5.41) is 3.38. The lowest BCUT2D eigenvalue weighted by molar-refractivity contribution is -0.124. The summed E-state index contributed by atoms with van der Waals surface area (Å²) in [4.78, 5) is 32.1. The molecule has 0 bridgehead atoms. The van der Waals surface area contributed by atoms with E-state index in [0.717, 1.165) is 81.1 Å². The maximum Gasteiger partial charge on any atom is 0.224 e. The van der Waals surface area contributed by atoms with Gasteiger partial charge in [-0.05, 0) is 79.6 Å².